The summed E-state index contributed by atoms with van der Waals surface area (Å²) in [7, 11) is 0. The van der Waals surface area contributed by atoms with Gasteiger partial charge in [-0.05, 0) is 13.8 Å². The van der Waals surface area contributed by atoms with Crippen LogP contribution >= 0.6 is 0 Å². The first kappa shape index (κ1) is 14.3. The molecule has 0 aromatic heterocycles. The summed E-state index contributed by atoms with van der Waals surface area (Å²) in [6, 6.07) is 0. The summed E-state index contributed by atoms with van der Waals surface area (Å²) in [4.78, 5) is 17.6. The number of hydrogen-bond donors (Lipinski definition) is 3. The van der Waals surface area contributed by atoms with E-state index in [4.69, 9.17) is 15.7 Å². The summed E-state index contributed by atoms with van der Waals surface area (Å²) in [6.45, 7) is 5.79. The highest BCUT2D eigenvalue weighted by Gasteiger charge is 2.32. The lowest BCUT2D eigenvalue weighted by atomic mass is 10.1. The molecule has 0 amide bonds. The van der Waals surface area contributed by atoms with Gasteiger partial charge in [-0.1, -0.05) is 5.59 Å². The SMILES string of the molecule is CC1(C)CN(CCC(=O)ONN)CC(CO)O1. The van der Waals surface area contributed by atoms with Gasteiger partial charge in [-0.25, -0.2) is 5.84 Å². The van der Waals surface area contributed by atoms with Crippen molar-refractivity contribution in [3.8, 4) is 0 Å². The molecule has 0 spiro atoms. The third-order valence-electron chi connectivity index (χ3n) is 2.56. The molecule has 1 heterocycles. The number of hydrazine groups is 1. The van der Waals surface area contributed by atoms with Crippen molar-refractivity contribution in [2.24, 2.45) is 5.84 Å². The highest BCUT2D eigenvalue weighted by molar-refractivity contribution is 5.69. The number of nitrogens with zero attached hydrogens (tertiary/aromatic N) is 1. The van der Waals surface area contributed by atoms with Crippen molar-refractivity contribution in [1.82, 2.24) is 10.5 Å². The number of aliphatic hydroxyl groups excluding tert-OH is 1. The van der Waals surface area contributed by atoms with Crippen molar-refractivity contribution < 1.29 is 19.5 Å². The Bertz CT molecular complexity index is 260. The van der Waals surface area contributed by atoms with Crippen molar-refractivity contribution >= 4 is 5.97 Å². The van der Waals surface area contributed by atoms with Crippen molar-refractivity contribution in [3.05, 3.63) is 0 Å². The molecule has 1 rings (SSSR count). The molecular weight excluding hydrogens is 226 g/mol. The number of morpholine rings is 1. The number of carbonyl (C=O) groups is 1. The molecule has 0 radical (unpaired) electrons. The fourth-order valence-electron chi connectivity index (χ4n) is 2.05. The van der Waals surface area contributed by atoms with Gasteiger partial charge in [0.05, 0.1) is 24.7 Å². The summed E-state index contributed by atoms with van der Waals surface area (Å²) in [5, 5.41) is 9.13. The molecule has 1 saturated heterocycles. The van der Waals surface area contributed by atoms with Gasteiger partial charge < -0.3 is 14.7 Å². The number of nitrogens with two attached hydrogens (primary N) is 1. The molecule has 100 valence electrons. The second-order valence-corrected chi connectivity index (χ2v) is 4.76. The topological polar surface area (TPSA) is 97.1 Å². The van der Waals surface area contributed by atoms with Crippen LogP contribution in [0.3, 0.4) is 0 Å². The van der Waals surface area contributed by atoms with Crippen LogP contribution in [0.1, 0.15) is 20.3 Å². The van der Waals surface area contributed by atoms with E-state index in [2.05, 4.69) is 9.74 Å². The lowest BCUT2D eigenvalue weighted by Crippen LogP contribution is -2.54. The van der Waals surface area contributed by atoms with E-state index in [-0.39, 0.29) is 24.7 Å². The van der Waals surface area contributed by atoms with Crippen molar-refractivity contribution in [1.29, 1.82) is 0 Å². The van der Waals surface area contributed by atoms with Crippen molar-refractivity contribution in [3.63, 3.8) is 0 Å². The highest BCUT2D eigenvalue weighted by Crippen LogP contribution is 2.20. The number of hydrogen-bond acceptors (Lipinski definition) is 7. The van der Waals surface area contributed by atoms with E-state index >= 15 is 0 Å². The summed E-state index contributed by atoms with van der Waals surface area (Å²) < 4.78 is 5.67. The summed E-state index contributed by atoms with van der Waals surface area (Å²) in [6.07, 6.45) is 0.0423. The van der Waals surface area contributed by atoms with Gasteiger partial charge in [0.25, 0.3) is 0 Å². The van der Waals surface area contributed by atoms with Crippen LogP contribution in [0.4, 0.5) is 0 Å². The normalized spacial score (nSPS) is 24.6. The number of nitrogens with one attached hydrogen (secondary N) is 1. The second-order valence-electron chi connectivity index (χ2n) is 4.76. The van der Waals surface area contributed by atoms with Gasteiger partial charge in [0, 0.05) is 19.6 Å². The predicted molar refractivity (Wildman–Crippen MR) is 60.5 cm³/mol. The van der Waals surface area contributed by atoms with E-state index in [0.717, 1.165) is 0 Å². The zero-order valence-electron chi connectivity index (χ0n) is 10.3. The molecule has 7 heteroatoms. The largest absolute Gasteiger partial charge is 0.394 e. The standard InChI is InChI=1S/C10H21N3O4/c1-10(2)7-13(5-8(6-14)16-10)4-3-9(15)17-12-11/h8,12,14H,3-7,11H2,1-2H3. The minimum atomic E-state index is -0.405. The van der Waals surface area contributed by atoms with Gasteiger partial charge in [0.2, 0.25) is 0 Å². The maximum atomic E-state index is 11.1. The Morgan fingerprint density at radius 3 is 3.00 bits per heavy atom. The molecule has 1 fully saturated rings. The zero-order valence-corrected chi connectivity index (χ0v) is 10.3. The fraction of sp³-hybridized carbons (Fsp3) is 0.900. The number of carbonyl (C=O) groups excluding carboxylic acids is 1. The molecule has 0 aromatic carbocycles. The minimum absolute atomic E-state index is 0.0191. The molecular formula is C10H21N3O4. The molecule has 7 nitrogen and oxygen atoms in total. The van der Waals surface area contributed by atoms with Gasteiger partial charge in [-0.2, -0.15) is 0 Å². The molecule has 1 aliphatic rings. The van der Waals surface area contributed by atoms with Crippen LogP contribution < -0.4 is 11.4 Å². The maximum absolute atomic E-state index is 11.1. The average Bonchev–Trinajstić information content (AvgIpc) is 2.24. The molecule has 1 aliphatic heterocycles. The Morgan fingerprint density at radius 2 is 2.41 bits per heavy atom. The zero-order chi connectivity index (χ0) is 12.9. The van der Waals surface area contributed by atoms with Crippen LogP contribution in [-0.4, -0.2) is 53.9 Å². The molecule has 4 N–H and O–H groups in total. The van der Waals surface area contributed by atoms with Gasteiger partial charge in [0.15, 0.2) is 0 Å². The summed E-state index contributed by atoms with van der Waals surface area (Å²) in [5.74, 6) is 4.46. The summed E-state index contributed by atoms with van der Waals surface area (Å²) in [5.41, 5.74) is 1.54. The van der Waals surface area contributed by atoms with E-state index < -0.39 is 5.97 Å². The Hall–Kier alpha value is -0.730. The van der Waals surface area contributed by atoms with E-state index in [0.29, 0.717) is 19.6 Å². The van der Waals surface area contributed by atoms with Crippen molar-refractivity contribution in [2.75, 3.05) is 26.2 Å². The molecule has 0 saturated carbocycles. The van der Waals surface area contributed by atoms with Gasteiger partial charge in [-0.3, -0.25) is 9.69 Å². The summed E-state index contributed by atoms with van der Waals surface area (Å²) >= 11 is 0. The lowest BCUT2D eigenvalue weighted by molar-refractivity contribution is -0.158. The monoisotopic (exact) mass is 247 g/mol. The Labute approximate surface area is 101 Å². The Balaban J connectivity index is 2.39. The first-order chi connectivity index (χ1) is 7.96. The quantitative estimate of drug-likeness (QED) is 0.413. The van der Waals surface area contributed by atoms with E-state index in [9.17, 15) is 4.79 Å². The van der Waals surface area contributed by atoms with E-state index in [1.807, 2.05) is 19.4 Å². The molecule has 1 atom stereocenters. The van der Waals surface area contributed by atoms with Crippen molar-refractivity contribution in [2.45, 2.75) is 32.0 Å². The fourth-order valence-corrected chi connectivity index (χ4v) is 2.05. The van der Waals surface area contributed by atoms with E-state index in [1.54, 1.807) is 0 Å². The Morgan fingerprint density at radius 1 is 1.71 bits per heavy atom. The van der Waals surface area contributed by atoms with Crippen LogP contribution in [0.2, 0.25) is 0 Å². The first-order valence-corrected chi connectivity index (χ1v) is 5.63. The molecule has 1 unspecified atom stereocenters. The van der Waals surface area contributed by atoms with Crippen LogP contribution in [-0.2, 0) is 14.4 Å². The molecule has 17 heavy (non-hydrogen) atoms. The van der Waals surface area contributed by atoms with Crippen LogP contribution in [0.15, 0.2) is 0 Å². The van der Waals surface area contributed by atoms with Gasteiger partial charge in [0.1, 0.15) is 0 Å². The third-order valence-corrected chi connectivity index (χ3v) is 2.56. The van der Waals surface area contributed by atoms with Crippen LogP contribution in [0.25, 0.3) is 0 Å². The van der Waals surface area contributed by atoms with Crippen LogP contribution in [0, 0.1) is 0 Å². The average molecular weight is 247 g/mol. The third kappa shape index (κ3) is 4.97. The maximum Gasteiger partial charge on any atom is 0.327 e. The number of rotatable bonds is 5. The molecule has 0 bridgehead atoms. The number of ether oxygens (including phenoxy) is 1. The smallest absolute Gasteiger partial charge is 0.327 e. The van der Waals surface area contributed by atoms with E-state index in [1.165, 1.54) is 0 Å². The van der Waals surface area contributed by atoms with Crippen LogP contribution in [0.5, 0.6) is 0 Å². The van der Waals surface area contributed by atoms with Gasteiger partial charge in [-0.15, -0.1) is 0 Å². The number of aliphatic hydroxyl groups is 1. The second kappa shape index (κ2) is 6.27. The van der Waals surface area contributed by atoms with Gasteiger partial charge >= 0.3 is 5.97 Å². The first-order valence-electron chi connectivity index (χ1n) is 5.63. The highest BCUT2D eigenvalue weighted by atomic mass is 16.7. The molecule has 0 aromatic rings. The molecule has 0 aliphatic carbocycles. The minimum Gasteiger partial charge on any atom is -0.394 e. The Kier molecular flexibility index (Phi) is 5.29. The lowest BCUT2D eigenvalue weighted by Gasteiger charge is -2.42. The predicted octanol–water partition coefficient (Wildman–Crippen LogP) is -1.23.